The normalized spacial score (nSPS) is 13.6. The third-order valence-electron chi connectivity index (χ3n) is 6.26. The Balaban J connectivity index is 1.40. The molecule has 0 saturated carbocycles. The first kappa shape index (κ1) is 28.5. The molecule has 13 heteroatoms. The van der Waals surface area contributed by atoms with Crippen LogP contribution in [0.1, 0.15) is 10.6 Å². The molecule has 0 spiro atoms. The summed E-state index contributed by atoms with van der Waals surface area (Å²) in [6.07, 6.45) is 2.91. The molecule has 1 N–H and O–H groups in total. The van der Waals surface area contributed by atoms with Crippen molar-refractivity contribution in [3.63, 3.8) is 0 Å². The van der Waals surface area contributed by atoms with Gasteiger partial charge in [0, 0.05) is 48.5 Å². The maximum absolute atomic E-state index is 14.6. The molecule has 0 unspecified atom stereocenters. The maximum Gasteiger partial charge on any atom is 0.263 e. The number of anilines is 2. The molecule has 214 valence electrons. The largest absolute Gasteiger partial charge is 0.493 e. The van der Waals surface area contributed by atoms with Crippen molar-refractivity contribution >= 4 is 38.6 Å². The standard InChI is InChI=1S/C28H27FN4O6S2/c1-37-25-4-2-3-23(29)28(25)39-24-7-5-20(15-19(24)16-21(34)17-27-30-9-14-40-27)32-41(35,36)22-6-8-26(31-18-22)33-10-12-38-13-11-33/h2-9,14-15,18,32H,10-13,16-17H2,1H3. The Hall–Kier alpha value is -4.07. The van der Waals surface area contributed by atoms with Crippen LogP contribution in [0.4, 0.5) is 15.9 Å². The molecule has 4 aromatic rings. The van der Waals surface area contributed by atoms with Gasteiger partial charge in [-0.05, 0) is 42.5 Å². The molecule has 1 aliphatic heterocycles. The number of para-hydroxylation sites is 1. The van der Waals surface area contributed by atoms with E-state index in [4.69, 9.17) is 14.2 Å². The highest BCUT2D eigenvalue weighted by molar-refractivity contribution is 7.92. The van der Waals surface area contributed by atoms with Crippen LogP contribution in [-0.2, 0) is 32.4 Å². The Morgan fingerprint density at radius 2 is 1.93 bits per heavy atom. The monoisotopic (exact) mass is 598 g/mol. The molecule has 3 heterocycles. The molecule has 2 aromatic heterocycles. The Bertz CT molecular complexity index is 1610. The molecule has 0 atom stereocenters. The molecule has 0 aliphatic carbocycles. The number of ketones is 1. The Morgan fingerprint density at radius 1 is 1.10 bits per heavy atom. The van der Waals surface area contributed by atoms with Crippen LogP contribution in [0.15, 0.2) is 71.2 Å². The first-order chi connectivity index (χ1) is 19.8. The van der Waals surface area contributed by atoms with Gasteiger partial charge in [-0.3, -0.25) is 9.52 Å². The number of hydrogen-bond donors (Lipinski definition) is 1. The molecule has 5 rings (SSSR count). The topological polar surface area (TPSA) is 120 Å². The minimum absolute atomic E-state index is 0.0210. The second-order valence-corrected chi connectivity index (χ2v) is 11.7. The van der Waals surface area contributed by atoms with E-state index in [9.17, 15) is 17.6 Å². The van der Waals surface area contributed by atoms with Crippen LogP contribution >= 0.6 is 11.3 Å². The second-order valence-electron chi connectivity index (χ2n) is 9.07. The lowest BCUT2D eigenvalue weighted by Crippen LogP contribution is -2.36. The van der Waals surface area contributed by atoms with Crippen LogP contribution in [0.5, 0.6) is 17.2 Å². The van der Waals surface area contributed by atoms with Crippen molar-refractivity contribution in [2.24, 2.45) is 0 Å². The number of aromatic nitrogens is 2. The highest BCUT2D eigenvalue weighted by Crippen LogP contribution is 2.37. The van der Waals surface area contributed by atoms with Gasteiger partial charge in [0.05, 0.1) is 31.8 Å². The highest BCUT2D eigenvalue weighted by Gasteiger charge is 2.21. The van der Waals surface area contributed by atoms with Gasteiger partial charge in [0.25, 0.3) is 10.0 Å². The Kier molecular flexibility index (Phi) is 8.76. The van der Waals surface area contributed by atoms with Crippen molar-refractivity contribution in [2.45, 2.75) is 17.7 Å². The van der Waals surface area contributed by atoms with E-state index in [1.165, 1.54) is 61.0 Å². The van der Waals surface area contributed by atoms with Crippen molar-refractivity contribution < 1.29 is 31.8 Å². The van der Waals surface area contributed by atoms with Gasteiger partial charge >= 0.3 is 0 Å². The predicted octanol–water partition coefficient (Wildman–Crippen LogP) is 4.47. The van der Waals surface area contributed by atoms with Gasteiger partial charge in [-0.1, -0.05) is 6.07 Å². The molecule has 0 radical (unpaired) electrons. The Labute approximate surface area is 240 Å². The zero-order valence-corrected chi connectivity index (χ0v) is 23.7. The average Bonchev–Trinajstić information content (AvgIpc) is 3.48. The van der Waals surface area contributed by atoms with E-state index in [2.05, 4.69) is 14.7 Å². The molecule has 10 nitrogen and oxygen atoms in total. The number of morpholine rings is 1. The summed E-state index contributed by atoms with van der Waals surface area (Å²) in [6, 6.07) is 11.9. The van der Waals surface area contributed by atoms with E-state index in [1.807, 2.05) is 4.90 Å². The lowest BCUT2D eigenvalue weighted by molar-refractivity contribution is -0.117. The van der Waals surface area contributed by atoms with Crippen LogP contribution in [0.2, 0.25) is 0 Å². The number of carbonyl (C=O) groups excluding carboxylic acids is 1. The summed E-state index contributed by atoms with van der Waals surface area (Å²) >= 11 is 1.36. The van der Waals surface area contributed by atoms with Gasteiger partial charge in [0.2, 0.25) is 5.75 Å². The van der Waals surface area contributed by atoms with Gasteiger partial charge in [0.15, 0.2) is 11.6 Å². The van der Waals surface area contributed by atoms with E-state index >= 15 is 0 Å². The molecule has 2 aromatic carbocycles. The fraction of sp³-hybridized carbons (Fsp3) is 0.250. The third kappa shape index (κ3) is 6.99. The lowest BCUT2D eigenvalue weighted by Gasteiger charge is -2.27. The number of Topliss-reactive ketones (excluding diaryl/α,β-unsaturated/α-hetero) is 1. The first-order valence-corrected chi connectivity index (χ1v) is 15.0. The summed E-state index contributed by atoms with van der Waals surface area (Å²) in [5.41, 5.74) is 0.560. The van der Waals surface area contributed by atoms with Crippen molar-refractivity contribution in [3.8, 4) is 17.2 Å². The minimum atomic E-state index is -4.01. The number of pyridine rings is 1. The van der Waals surface area contributed by atoms with Crippen LogP contribution in [0.25, 0.3) is 0 Å². The smallest absolute Gasteiger partial charge is 0.263 e. The number of benzene rings is 2. The number of hydrogen-bond acceptors (Lipinski definition) is 10. The molecule has 0 bridgehead atoms. The number of thiazole rings is 1. The molecular weight excluding hydrogens is 571 g/mol. The molecule has 1 aliphatic rings. The summed E-state index contributed by atoms with van der Waals surface area (Å²) in [4.78, 5) is 23.4. The summed E-state index contributed by atoms with van der Waals surface area (Å²) in [5, 5.41) is 2.43. The van der Waals surface area contributed by atoms with E-state index < -0.39 is 15.8 Å². The van der Waals surface area contributed by atoms with E-state index in [0.29, 0.717) is 42.7 Å². The number of ether oxygens (including phenoxy) is 3. The van der Waals surface area contributed by atoms with Crippen molar-refractivity contribution in [3.05, 3.63) is 82.7 Å². The number of halogens is 1. The number of nitrogens with one attached hydrogen (secondary N) is 1. The van der Waals surface area contributed by atoms with E-state index in [1.54, 1.807) is 23.7 Å². The summed E-state index contributed by atoms with van der Waals surface area (Å²) in [7, 11) is -2.62. The fourth-order valence-corrected chi connectivity index (χ4v) is 5.89. The number of rotatable bonds is 11. The van der Waals surface area contributed by atoms with Crippen molar-refractivity contribution in [2.75, 3.05) is 43.0 Å². The molecule has 1 saturated heterocycles. The van der Waals surface area contributed by atoms with Gasteiger partial charge in [0.1, 0.15) is 22.2 Å². The van der Waals surface area contributed by atoms with Crippen molar-refractivity contribution in [1.29, 1.82) is 0 Å². The highest BCUT2D eigenvalue weighted by atomic mass is 32.2. The molecule has 1 fully saturated rings. The first-order valence-electron chi connectivity index (χ1n) is 12.7. The Morgan fingerprint density at radius 3 is 2.63 bits per heavy atom. The summed E-state index contributed by atoms with van der Waals surface area (Å²) in [5.74, 6) is 0.0420. The SMILES string of the molecule is COc1cccc(F)c1Oc1ccc(NS(=O)(=O)c2ccc(N3CCOCC3)nc2)cc1CC(=O)Cc1nccs1. The van der Waals surface area contributed by atoms with Crippen LogP contribution in [0.3, 0.4) is 0 Å². The molecule has 0 amide bonds. The average molecular weight is 599 g/mol. The molecule has 41 heavy (non-hydrogen) atoms. The predicted molar refractivity (Wildman–Crippen MR) is 152 cm³/mol. The zero-order valence-electron chi connectivity index (χ0n) is 22.1. The van der Waals surface area contributed by atoms with E-state index in [-0.39, 0.29) is 46.5 Å². The zero-order chi connectivity index (χ0) is 28.8. The van der Waals surface area contributed by atoms with Gasteiger partial charge in [-0.25, -0.2) is 22.8 Å². The number of nitrogens with zero attached hydrogens (tertiary/aromatic N) is 3. The number of carbonyl (C=O) groups is 1. The van der Waals surface area contributed by atoms with Gasteiger partial charge in [-0.15, -0.1) is 11.3 Å². The second kappa shape index (κ2) is 12.6. The summed E-state index contributed by atoms with van der Waals surface area (Å²) in [6.45, 7) is 2.52. The van der Waals surface area contributed by atoms with E-state index in [0.717, 1.165) is 0 Å². The van der Waals surface area contributed by atoms with Crippen LogP contribution in [-0.4, -0.2) is 57.6 Å². The minimum Gasteiger partial charge on any atom is -0.493 e. The summed E-state index contributed by atoms with van der Waals surface area (Å²) < 4.78 is 60.0. The van der Waals surface area contributed by atoms with Gasteiger partial charge < -0.3 is 19.1 Å². The van der Waals surface area contributed by atoms with Crippen LogP contribution < -0.4 is 19.1 Å². The fourth-order valence-electron chi connectivity index (χ4n) is 4.25. The maximum atomic E-state index is 14.6. The lowest BCUT2D eigenvalue weighted by atomic mass is 10.1. The number of sulfonamides is 1. The third-order valence-corrected chi connectivity index (χ3v) is 8.41. The molecular formula is C28H27FN4O6S2. The number of methoxy groups -OCH3 is 1. The quantitative estimate of drug-likeness (QED) is 0.267. The van der Waals surface area contributed by atoms with Crippen LogP contribution in [0, 0.1) is 5.82 Å². The van der Waals surface area contributed by atoms with Crippen molar-refractivity contribution in [1.82, 2.24) is 9.97 Å². The van der Waals surface area contributed by atoms with Gasteiger partial charge in [-0.2, -0.15) is 0 Å².